The monoisotopic (exact) mass is 460 g/mol. The highest BCUT2D eigenvalue weighted by molar-refractivity contribution is 7.81. The normalized spacial score (nSPS) is 11.4. The smallest absolute Gasteiger partial charge is 0.266 e. The molecule has 0 aromatic heterocycles. The maximum atomic E-state index is 13.2. The number of methoxy groups -OCH3 is 3. The van der Waals surface area contributed by atoms with Crippen LogP contribution in [-0.2, 0) is 11.3 Å². The number of carbonyl (C=O) groups is 1. The van der Waals surface area contributed by atoms with E-state index in [9.17, 15) is 17.9 Å². The van der Waals surface area contributed by atoms with Crippen molar-refractivity contribution in [1.29, 1.82) is 0 Å². The molecular formula is C22H21FN2O6S. The maximum Gasteiger partial charge on any atom is 0.266 e. The van der Waals surface area contributed by atoms with Gasteiger partial charge in [0.25, 0.3) is 17.2 Å². The van der Waals surface area contributed by atoms with Crippen LogP contribution in [0.15, 0.2) is 60.7 Å². The molecule has 0 radical (unpaired) electrons. The van der Waals surface area contributed by atoms with E-state index in [0.717, 1.165) is 4.31 Å². The summed E-state index contributed by atoms with van der Waals surface area (Å²) >= 11 is -2.53. The Labute approximate surface area is 186 Å². The third-order valence-electron chi connectivity index (χ3n) is 4.52. The van der Waals surface area contributed by atoms with Gasteiger partial charge in [-0.3, -0.25) is 9.35 Å². The predicted molar refractivity (Wildman–Crippen MR) is 120 cm³/mol. The molecule has 168 valence electrons. The summed E-state index contributed by atoms with van der Waals surface area (Å²) in [5, 5.41) is 2.70. The molecule has 3 rings (SSSR count). The number of amides is 1. The Morgan fingerprint density at radius 3 is 2.09 bits per heavy atom. The third-order valence-corrected chi connectivity index (χ3v) is 5.24. The van der Waals surface area contributed by atoms with Gasteiger partial charge in [0, 0.05) is 17.7 Å². The average molecular weight is 460 g/mol. The summed E-state index contributed by atoms with van der Waals surface area (Å²) in [7, 11) is 4.30. The molecule has 0 bridgehead atoms. The molecule has 0 fully saturated rings. The summed E-state index contributed by atoms with van der Waals surface area (Å²) in [4.78, 5) is 12.6. The minimum Gasteiger partial charge on any atom is -0.493 e. The van der Waals surface area contributed by atoms with Gasteiger partial charge in [0.05, 0.1) is 38.4 Å². The van der Waals surface area contributed by atoms with Crippen molar-refractivity contribution in [2.75, 3.05) is 31.0 Å². The second-order valence-electron chi connectivity index (χ2n) is 6.39. The van der Waals surface area contributed by atoms with Crippen LogP contribution in [0.5, 0.6) is 17.2 Å². The van der Waals surface area contributed by atoms with Gasteiger partial charge in [0.15, 0.2) is 11.5 Å². The Hall–Kier alpha value is -3.63. The molecule has 3 aromatic rings. The van der Waals surface area contributed by atoms with Gasteiger partial charge in [-0.1, -0.05) is 12.1 Å². The molecule has 0 aliphatic carbocycles. The summed E-state index contributed by atoms with van der Waals surface area (Å²) in [5.41, 5.74) is 0.977. The van der Waals surface area contributed by atoms with Crippen LogP contribution < -0.4 is 23.8 Å². The van der Waals surface area contributed by atoms with Crippen molar-refractivity contribution in [3.8, 4) is 17.2 Å². The molecule has 0 aliphatic rings. The number of nitrogens with one attached hydrogen (secondary N) is 1. The first kappa shape index (κ1) is 23.0. The van der Waals surface area contributed by atoms with E-state index in [4.69, 9.17) is 14.2 Å². The number of halogens is 1. The fourth-order valence-electron chi connectivity index (χ4n) is 3.05. The number of nitrogens with zero attached hydrogens (tertiary/aromatic N) is 1. The van der Waals surface area contributed by atoms with Crippen LogP contribution in [-0.4, -0.2) is 36.0 Å². The fourth-order valence-corrected chi connectivity index (χ4v) is 3.66. The van der Waals surface area contributed by atoms with E-state index in [2.05, 4.69) is 5.32 Å². The standard InChI is InChI=1S/C22H21FN2O6S/c1-29-19-12-16(13-20(30-2)21(19)31-3)25(32(27)28)18-7-5-4-6-17(18)24-22(26)14-8-10-15(23)11-9-14/h4-13H,1-3H3,(H,24,26)(H,27,28). The number of carbonyl (C=O) groups excluding carboxylic acids is 1. The quantitative estimate of drug-likeness (QED) is 0.485. The number of rotatable bonds is 8. The molecule has 32 heavy (non-hydrogen) atoms. The van der Waals surface area contributed by atoms with Crippen molar-refractivity contribution in [3.63, 3.8) is 0 Å². The van der Waals surface area contributed by atoms with Crippen molar-refractivity contribution in [1.82, 2.24) is 0 Å². The number of hydrogen-bond acceptors (Lipinski definition) is 5. The van der Waals surface area contributed by atoms with E-state index < -0.39 is 23.0 Å². The molecule has 0 aliphatic heterocycles. The van der Waals surface area contributed by atoms with Gasteiger partial charge in [-0.25, -0.2) is 12.9 Å². The van der Waals surface area contributed by atoms with Gasteiger partial charge in [-0.15, -0.1) is 0 Å². The highest BCUT2D eigenvalue weighted by Crippen LogP contribution is 2.44. The van der Waals surface area contributed by atoms with Gasteiger partial charge in [0.1, 0.15) is 5.82 Å². The summed E-state index contributed by atoms with van der Waals surface area (Å²) in [6, 6.07) is 14.5. The Bertz CT molecular complexity index is 1110. The first-order chi connectivity index (χ1) is 15.4. The topological polar surface area (TPSA) is 97.3 Å². The molecule has 0 heterocycles. The lowest BCUT2D eigenvalue weighted by Gasteiger charge is -2.24. The Balaban J connectivity index is 2.06. The molecule has 1 atom stereocenters. The number of anilines is 3. The fraction of sp³-hybridized carbons (Fsp3) is 0.136. The molecule has 0 saturated heterocycles. The van der Waals surface area contributed by atoms with E-state index >= 15 is 0 Å². The number of para-hydroxylation sites is 2. The molecule has 8 nitrogen and oxygen atoms in total. The lowest BCUT2D eigenvalue weighted by molar-refractivity contribution is 0.102. The van der Waals surface area contributed by atoms with Crippen LogP contribution >= 0.6 is 0 Å². The largest absolute Gasteiger partial charge is 0.493 e. The van der Waals surface area contributed by atoms with Gasteiger partial charge < -0.3 is 19.5 Å². The number of ether oxygens (including phenoxy) is 3. The van der Waals surface area contributed by atoms with Crippen molar-refractivity contribution in [2.45, 2.75) is 0 Å². The number of hydrogen-bond donors (Lipinski definition) is 2. The zero-order valence-electron chi connectivity index (χ0n) is 17.5. The average Bonchev–Trinajstić information content (AvgIpc) is 2.79. The Morgan fingerprint density at radius 2 is 1.56 bits per heavy atom. The lowest BCUT2D eigenvalue weighted by atomic mass is 10.2. The zero-order chi connectivity index (χ0) is 23.3. The molecule has 3 aromatic carbocycles. The van der Waals surface area contributed by atoms with E-state index in [1.54, 1.807) is 24.3 Å². The minimum atomic E-state index is -2.53. The lowest BCUT2D eigenvalue weighted by Crippen LogP contribution is -2.22. The van der Waals surface area contributed by atoms with Gasteiger partial charge in [0.2, 0.25) is 5.75 Å². The van der Waals surface area contributed by atoms with Crippen molar-refractivity contribution in [2.24, 2.45) is 0 Å². The Morgan fingerprint density at radius 1 is 0.969 bits per heavy atom. The molecule has 2 N–H and O–H groups in total. The first-order valence-corrected chi connectivity index (χ1v) is 10.3. The van der Waals surface area contributed by atoms with Gasteiger partial charge >= 0.3 is 0 Å². The van der Waals surface area contributed by atoms with Crippen LogP contribution in [0.4, 0.5) is 21.5 Å². The molecule has 1 amide bonds. The van der Waals surface area contributed by atoms with E-state index in [0.29, 0.717) is 5.75 Å². The molecule has 1 unspecified atom stereocenters. The summed E-state index contributed by atoms with van der Waals surface area (Å²) in [6.45, 7) is 0. The zero-order valence-corrected chi connectivity index (χ0v) is 18.3. The third kappa shape index (κ3) is 4.82. The first-order valence-electron chi connectivity index (χ1n) is 9.26. The van der Waals surface area contributed by atoms with E-state index in [-0.39, 0.29) is 34.1 Å². The van der Waals surface area contributed by atoms with Crippen LogP contribution in [0.3, 0.4) is 0 Å². The van der Waals surface area contributed by atoms with Crippen LogP contribution in [0.2, 0.25) is 0 Å². The highest BCUT2D eigenvalue weighted by atomic mass is 32.2. The second-order valence-corrected chi connectivity index (χ2v) is 7.21. The molecule has 0 saturated carbocycles. The number of benzene rings is 3. The maximum absolute atomic E-state index is 13.2. The van der Waals surface area contributed by atoms with Crippen molar-refractivity contribution < 1.29 is 32.2 Å². The van der Waals surface area contributed by atoms with Crippen LogP contribution in [0.25, 0.3) is 0 Å². The van der Waals surface area contributed by atoms with Crippen molar-refractivity contribution >= 4 is 34.2 Å². The van der Waals surface area contributed by atoms with E-state index in [1.807, 2.05) is 0 Å². The van der Waals surface area contributed by atoms with E-state index in [1.165, 1.54) is 57.7 Å². The van der Waals surface area contributed by atoms with Crippen LogP contribution in [0.1, 0.15) is 10.4 Å². The summed E-state index contributed by atoms with van der Waals surface area (Å²) in [6.07, 6.45) is 0. The molecule has 0 spiro atoms. The summed E-state index contributed by atoms with van der Waals surface area (Å²) in [5.74, 6) is -0.0900. The molecular weight excluding hydrogens is 439 g/mol. The minimum absolute atomic E-state index is 0.227. The second kappa shape index (κ2) is 10.1. The summed E-state index contributed by atoms with van der Waals surface area (Å²) < 4.78 is 52.7. The van der Waals surface area contributed by atoms with Crippen molar-refractivity contribution in [3.05, 3.63) is 72.0 Å². The molecule has 10 heteroatoms. The highest BCUT2D eigenvalue weighted by Gasteiger charge is 2.24. The van der Waals surface area contributed by atoms with Gasteiger partial charge in [-0.05, 0) is 36.4 Å². The predicted octanol–water partition coefficient (Wildman–Crippen LogP) is 4.38. The van der Waals surface area contributed by atoms with Gasteiger partial charge in [-0.2, -0.15) is 0 Å². The Kier molecular flexibility index (Phi) is 7.29. The van der Waals surface area contributed by atoms with Crippen LogP contribution in [0, 0.1) is 5.82 Å². The SMILES string of the molecule is COc1cc(N(c2ccccc2NC(=O)c2ccc(F)cc2)S(=O)O)cc(OC)c1OC.